The van der Waals surface area contributed by atoms with Crippen LogP contribution in [0.5, 0.6) is 0 Å². The van der Waals surface area contributed by atoms with Crippen molar-refractivity contribution in [2.75, 3.05) is 0 Å². The van der Waals surface area contributed by atoms with Crippen molar-refractivity contribution in [2.45, 2.75) is 25.4 Å². The fourth-order valence-corrected chi connectivity index (χ4v) is 3.11. The number of rotatable bonds is 5. The summed E-state index contributed by atoms with van der Waals surface area (Å²) >= 11 is 0. The van der Waals surface area contributed by atoms with Crippen molar-refractivity contribution in [1.82, 2.24) is 9.88 Å². The molecule has 0 radical (unpaired) electrons. The number of carbonyl (C=O) groups is 1. The van der Waals surface area contributed by atoms with Crippen LogP contribution in [0.1, 0.15) is 24.0 Å². The number of pyridine rings is 1. The molecule has 124 valence electrons. The standard InChI is InChI=1S/C22H20N2O/c25-22(24(20-11-12-20)16-17-5-4-14-23-15-17)13-10-19-8-3-7-18-6-1-2-9-21(18)19/h1-10,13-15,20H,11-12,16H2/b13-10+. The minimum atomic E-state index is 0.0688. The van der Waals surface area contributed by atoms with Crippen molar-refractivity contribution in [3.05, 3.63) is 84.2 Å². The zero-order valence-electron chi connectivity index (χ0n) is 14.0. The highest BCUT2D eigenvalue weighted by Crippen LogP contribution is 2.29. The summed E-state index contributed by atoms with van der Waals surface area (Å²) < 4.78 is 0. The summed E-state index contributed by atoms with van der Waals surface area (Å²) in [5, 5.41) is 2.35. The Hall–Kier alpha value is -2.94. The molecule has 1 fully saturated rings. The Morgan fingerprint density at radius 2 is 1.92 bits per heavy atom. The molecule has 1 aliphatic carbocycles. The molecule has 1 heterocycles. The first kappa shape index (κ1) is 15.6. The third kappa shape index (κ3) is 3.61. The number of benzene rings is 2. The zero-order chi connectivity index (χ0) is 17.1. The minimum Gasteiger partial charge on any atom is -0.332 e. The normalized spacial score (nSPS) is 14.1. The fourth-order valence-electron chi connectivity index (χ4n) is 3.11. The molecule has 3 aromatic rings. The summed E-state index contributed by atoms with van der Waals surface area (Å²) in [4.78, 5) is 18.9. The van der Waals surface area contributed by atoms with Crippen LogP contribution < -0.4 is 0 Å². The summed E-state index contributed by atoms with van der Waals surface area (Å²) in [6, 6.07) is 18.7. The van der Waals surface area contributed by atoms with E-state index in [9.17, 15) is 4.79 Å². The van der Waals surface area contributed by atoms with Crippen LogP contribution in [0, 0.1) is 0 Å². The van der Waals surface area contributed by atoms with Gasteiger partial charge in [0.05, 0.1) is 0 Å². The Labute approximate surface area is 147 Å². The van der Waals surface area contributed by atoms with Crippen LogP contribution in [0.4, 0.5) is 0 Å². The number of nitrogens with zero attached hydrogens (tertiary/aromatic N) is 2. The van der Waals surface area contributed by atoms with E-state index in [0.717, 1.165) is 24.0 Å². The van der Waals surface area contributed by atoms with Crippen LogP contribution in [0.3, 0.4) is 0 Å². The van der Waals surface area contributed by atoms with Gasteiger partial charge in [-0.25, -0.2) is 0 Å². The second kappa shape index (κ2) is 6.89. The lowest BCUT2D eigenvalue weighted by Gasteiger charge is -2.20. The maximum Gasteiger partial charge on any atom is 0.247 e. The lowest BCUT2D eigenvalue weighted by atomic mass is 10.0. The quantitative estimate of drug-likeness (QED) is 0.649. The van der Waals surface area contributed by atoms with Gasteiger partial charge in [0.1, 0.15) is 0 Å². The van der Waals surface area contributed by atoms with Gasteiger partial charge in [0.25, 0.3) is 0 Å². The number of amides is 1. The lowest BCUT2D eigenvalue weighted by Crippen LogP contribution is -2.31. The van der Waals surface area contributed by atoms with Gasteiger partial charge in [0.2, 0.25) is 5.91 Å². The lowest BCUT2D eigenvalue weighted by molar-refractivity contribution is -0.127. The molecule has 0 spiro atoms. The maximum absolute atomic E-state index is 12.8. The molecule has 0 atom stereocenters. The van der Waals surface area contributed by atoms with E-state index in [1.165, 1.54) is 10.8 Å². The van der Waals surface area contributed by atoms with Crippen molar-refractivity contribution in [3.63, 3.8) is 0 Å². The van der Waals surface area contributed by atoms with Crippen molar-refractivity contribution in [1.29, 1.82) is 0 Å². The highest BCUT2D eigenvalue weighted by Gasteiger charge is 2.31. The highest BCUT2D eigenvalue weighted by atomic mass is 16.2. The molecule has 2 aromatic carbocycles. The molecule has 1 aromatic heterocycles. The fraction of sp³-hybridized carbons (Fsp3) is 0.182. The monoisotopic (exact) mass is 328 g/mol. The van der Waals surface area contributed by atoms with Gasteiger partial charge in [-0.2, -0.15) is 0 Å². The second-order valence-corrected chi connectivity index (χ2v) is 6.46. The molecular formula is C22H20N2O. The number of fused-ring (bicyclic) bond motifs is 1. The number of hydrogen-bond donors (Lipinski definition) is 0. The molecule has 1 saturated carbocycles. The Kier molecular flexibility index (Phi) is 4.30. The zero-order valence-corrected chi connectivity index (χ0v) is 14.0. The summed E-state index contributed by atoms with van der Waals surface area (Å²) in [5.41, 5.74) is 2.14. The molecule has 0 aliphatic heterocycles. The molecule has 1 aliphatic rings. The van der Waals surface area contributed by atoms with Gasteiger partial charge >= 0.3 is 0 Å². The molecule has 0 unspecified atom stereocenters. The van der Waals surface area contributed by atoms with Crippen LogP contribution in [-0.2, 0) is 11.3 Å². The molecule has 25 heavy (non-hydrogen) atoms. The van der Waals surface area contributed by atoms with Crippen molar-refractivity contribution < 1.29 is 4.79 Å². The van der Waals surface area contributed by atoms with Gasteiger partial charge in [-0.05, 0) is 46.9 Å². The van der Waals surface area contributed by atoms with E-state index in [1.807, 2.05) is 47.5 Å². The SMILES string of the molecule is O=C(/C=C/c1cccc2ccccc12)N(Cc1cccnc1)C1CC1. The number of carbonyl (C=O) groups excluding carboxylic acids is 1. The third-order valence-electron chi connectivity index (χ3n) is 4.58. The third-order valence-corrected chi connectivity index (χ3v) is 4.58. The Balaban J connectivity index is 1.55. The molecule has 0 saturated heterocycles. The smallest absolute Gasteiger partial charge is 0.247 e. The van der Waals surface area contributed by atoms with Crippen molar-refractivity contribution >= 4 is 22.8 Å². The maximum atomic E-state index is 12.8. The van der Waals surface area contributed by atoms with Gasteiger partial charge in [-0.3, -0.25) is 9.78 Å². The summed E-state index contributed by atoms with van der Waals surface area (Å²) in [5.74, 6) is 0.0688. The first-order valence-corrected chi connectivity index (χ1v) is 8.66. The first-order valence-electron chi connectivity index (χ1n) is 8.66. The number of hydrogen-bond acceptors (Lipinski definition) is 2. The topological polar surface area (TPSA) is 33.2 Å². The predicted octanol–water partition coefficient (Wildman–Crippen LogP) is 4.44. The Bertz CT molecular complexity index is 908. The van der Waals surface area contributed by atoms with Crippen LogP contribution in [-0.4, -0.2) is 21.8 Å². The van der Waals surface area contributed by atoms with Gasteiger partial charge in [0, 0.05) is 31.1 Å². The average Bonchev–Trinajstić information content (AvgIpc) is 3.50. The van der Waals surface area contributed by atoms with E-state index < -0.39 is 0 Å². The van der Waals surface area contributed by atoms with E-state index in [-0.39, 0.29) is 5.91 Å². The van der Waals surface area contributed by atoms with Gasteiger partial charge < -0.3 is 4.90 Å². The van der Waals surface area contributed by atoms with Gasteiger partial charge in [-0.1, -0.05) is 48.5 Å². The average molecular weight is 328 g/mol. The molecule has 4 rings (SSSR count). The largest absolute Gasteiger partial charge is 0.332 e. The second-order valence-electron chi connectivity index (χ2n) is 6.46. The van der Waals surface area contributed by atoms with Gasteiger partial charge in [-0.15, -0.1) is 0 Å². The first-order chi connectivity index (χ1) is 12.3. The van der Waals surface area contributed by atoms with Crippen LogP contribution in [0.15, 0.2) is 73.1 Å². The molecule has 3 heteroatoms. The van der Waals surface area contributed by atoms with E-state index in [2.05, 4.69) is 29.2 Å². The summed E-state index contributed by atoms with van der Waals surface area (Å²) in [6.45, 7) is 0.622. The molecule has 0 N–H and O–H groups in total. The van der Waals surface area contributed by atoms with Gasteiger partial charge in [0.15, 0.2) is 0 Å². The van der Waals surface area contributed by atoms with E-state index in [1.54, 1.807) is 12.3 Å². The van der Waals surface area contributed by atoms with Crippen LogP contribution in [0.2, 0.25) is 0 Å². The molecular weight excluding hydrogens is 308 g/mol. The molecule has 0 bridgehead atoms. The molecule has 3 nitrogen and oxygen atoms in total. The van der Waals surface area contributed by atoms with Crippen LogP contribution >= 0.6 is 0 Å². The van der Waals surface area contributed by atoms with E-state index >= 15 is 0 Å². The van der Waals surface area contributed by atoms with Crippen molar-refractivity contribution in [3.8, 4) is 0 Å². The highest BCUT2D eigenvalue weighted by molar-refractivity contribution is 5.96. The predicted molar refractivity (Wildman–Crippen MR) is 101 cm³/mol. The van der Waals surface area contributed by atoms with E-state index in [0.29, 0.717) is 12.6 Å². The van der Waals surface area contributed by atoms with E-state index in [4.69, 9.17) is 0 Å². The van der Waals surface area contributed by atoms with Crippen molar-refractivity contribution in [2.24, 2.45) is 0 Å². The Morgan fingerprint density at radius 1 is 1.08 bits per heavy atom. The summed E-state index contributed by atoms with van der Waals surface area (Å²) in [7, 11) is 0. The Morgan fingerprint density at radius 3 is 2.72 bits per heavy atom. The molecule has 1 amide bonds. The minimum absolute atomic E-state index is 0.0688. The number of aromatic nitrogens is 1. The summed E-state index contributed by atoms with van der Waals surface area (Å²) in [6.07, 6.45) is 9.41. The van der Waals surface area contributed by atoms with Crippen LogP contribution in [0.25, 0.3) is 16.8 Å².